The van der Waals surface area contributed by atoms with Crippen LogP contribution in [0.2, 0.25) is 0 Å². The lowest BCUT2D eigenvalue weighted by atomic mass is 9.64. The average molecular weight is 277 g/mol. The minimum atomic E-state index is -0.344. The van der Waals surface area contributed by atoms with Gasteiger partial charge in [0.25, 0.3) is 5.91 Å². The third-order valence-electron chi connectivity index (χ3n) is 3.99. The maximum absolute atomic E-state index is 12.2. The highest BCUT2D eigenvalue weighted by Crippen LogP contribution is 2.40. The molecule has 0 saturated heterocycles. The fourth-order valence-corrected chi connectivity index (χ4v) is 2.37. The third kappa shape index (κ3) is 2.96. The monoisotopic (exact) mass is 277 g/mol. The Morgan fingerprint density at radius 3 is 2.70 bits per heavy atom. The average Bonchev–Trinajstić information content (AvgIpc) is 2.37. The van der Waals surface area contributed by atoms with Crippen molar-refractivity contribution in [3.05, 3.63) is 29.8 Å². The van der Waals surface area contributed by atoms with E-state index in [0.29, 0.717) is 17.7 Å². The van der Waals surface area contributed by atoms with Crippen molar-refractivity contribution in [1.29, 1.82) is 0 Å². The molecule has 1 saturated carbocycles. The molecule has 0 radical (unpaired) electrons. The minimum Gasteiger partial charge on any atom is -0.491 e. The summed E-state index contributed by atoms with van der Waals surface area (Å²) < 4.78 is 5.59. The number of carbonyl (C=O) groups excluding carboxylic acids is 1. The van der Waals surface area contributed by atoms with E-state index in [1.54, 1.807) is 12.1 Å². The number of carbonyl (C=O) groups is 1. The molecule has 2 unspecified atom stereocenters. The summed E-state index contributed by atoms with van der Waals surface area (Å²) >= 11 is 0. The van der Waals surface area contributed by atoms with E-state index in [4.69, 9.17) is 4.74 Å². The van der Waals surface area contributed by atoms with Gasteiger partial charge in [0.2, 0.25) is 0 Å². The maximum atomic E-state index is 12.2. The lowest BCUT2D eigenvalue weighted by molar-refractivity contribution is -0.0689. The van der Waals surface area contributed by atoms with Crippen LogP contribution in [0.1, 0.15) is 44.5 Å². The smallest absolute Gasteiger partial charge is 0.251 e. The predicted octanol–water partition coefficient (Wildman–Crippen LogP) is 2.36. The largest absolute Gasteiger partial charge is 0.491 e. The Kier molecular flexibility index (Phi) is 4.04. The standard InChI is InChI=1S/C16H23NO3/c1-10(2)20-12-7-5-6-11(8-12)15(19)17-13-9-14(18)16(13,3)4/h5-8,10,13-14,18H,9H2,1-4H3,(H,17,19). The van der Waals surface area contributed by atoms with E-state index in [9.17, 15) is 9.90 Å². The van der Waals surface area contributed by atoms with Gasteiger partial charge in [-0.15, -0.1) is 0 Å². The summed E-state index contributed by atoms with van der Waals surface area (Å²) in [5.74, 6) is 0.574. The summed E-state index contributed by atoms with van der Waals surface area (Å²) in [6.45, 7) is 7.82. The number of ether oxygens (including phenoxy) is 1. The summed E-state index contributed by atoms with van der Waals surface area (Å²) in [6, 6.07) is 7.18. The molecule has 1 aliphatic rings. The highest BCUT2D eigenvalue weighted by atomic mass is 16.5. The van der Waals surface area contributed by atoms with Gasteiger partial charge in [-0.05, 0) is 38.5 Å². The first-order chi connectivity index (χ1) is 9.30. The number of rotatable bonds is 4. The van der Waals surface area contributed by atoms with Gasteiger partial charge < -0.3 is 15.2 Å². The van der Waals surface area contributed by atoms with Gasteiger partial charge in [0.1, 0.15) is 5.75 Å². The van der Waals surface area contributed by atoms with Gasteiger partial charge in [-0.25, -0.2) is 0 Å². The quantitative estimate of drug-likeness (QED) is 0.888. The van der Waals surface area contributed by atoms with Gasteiger partial charge >= 0.3 is 0 Å². The minimum absolute atomic E-state index is 0.0136. The summed E-state index contributed by atoms with van der Waals surface area (Å²) in [4.78, 5) is 12.2. The molecular formula is C16H23NO3. The first-order valence-corrected chi connectivity index (χ1v) is 7.06. The van der Waals surface area contributed by atoms with Crippen molar-refractivity contribution >= 4 is 5.91 Å². The second-order valence-corrected chi connectivity index (χ2v) is 6.29. The lowest BCUT2D eigenvalue weighted by Crippen LogP contribution is -2.61. The molecule has 1 aromatic rings. The molecule has 0 bridgehead atoms. The Hall–Kier alpha value is -1.55. The maximum Gasteiger partial charge on any atom is 0.251 e. The van der Waals surface area contributed by atoms with Gasteiger partial charge in [0, 0.05) is 17.0 Å². The number of benzene rings is 1. The molecule has 0 spiro atoms. The van der Waals surface area contributed by atoms with E-state index >= 15 is 0 Å². The molecule has 4 nitrogen and oxygen atoms in total. The van der Waals surface area contributed by atoms with E-state index in [0.717, 1.165) is 0 Å². The first-order valence-electron chi connectivity index (χ1n) is 7.06. The van der Waals surface area contributed by atoms with Gasteiger partial charge in [0.05, 0.1) is 12.2 Å². The molecule has 2 rings (SSSR count). The Labute approximate surface area is 120 Å². The Morgan fingerprint density at radius 2 is 2.15 bits per heavy atom. The van der Waals surface area contributed by atoms with E-state index < -0.39 is 0 Å². The number of amides is 1. The number of nitrogens with one attached hydrogen (secondary N) is 1. The molecule has 0 heterocycles. The van der Waals surface area contributed by atoms with E-state index in [-0.39, 0.29) is 29.6 Å². The molecule has 1 aliphatic carbocycles. The molecule has 110 valence electrons. The van der Waals surface area contributed by atoms with Crippen molar-refractivity contribution in [3.63, 3.8) is 0 Å². The Bertz CT molecular complexity index is 496. The van der Waals surface area contributed by atoms with Crippen LogP contribution in [0.3, 0.4) is 0 Å². The molecule has 2 atom stereocenters. The number of aliphatic hydroxyl groups excluding tert-OH is 1. The van der Waals surface area contributed by atoms with E-state index in [2.05, 4.69) is 5.32 Å². The van der Waals surface area contributed by atoms with Crippen LogP contribution in [0.4, 0.5) is 0 Å². The molecule has 4 heteroatoms. The van der Waals surface area contributed by atoms with E-state index in [1.807, 2.05) is 39.8 Å². The lowest BCUT2D eigenvalue weighted by Gasteiger charge is -2.49. The topological polar surface area (TPSA) is 58.6 Å². The van der Waals surface area contributed by atoms with Crippen LogP contribution < -0.4 is 10.1 Å². The van der Waals surface area contributed by atoms with Crippen LogP contribution in [0.25, 0.3) is 0 Å². The van der Waals surface area contributed by atoms with Gasteiger partial charge in [-0.2, -0.15) is 0 Å². The fraction of sp³-hybridized carbons (Fsp3) is 0.562. The fourth-order valence-electron chi connectivity index (χ4n) is 2.37. The normalized spacial score (nSPS) is 24.1. The van der Waals surface area contributed by atoms with Crippen molar-refractivity contribution in [2.45, 2.75) is 52.4 Å². The molecule has 0 aromatic heterocycles. The van der Waals surface area contributed by atoms with Crippen molar-refractivity contribution in [2.75, 3.05) is 0 Å². The van der Waals surface area contributed by atoms with Crippen LogP contribution >= 0.6 is 0 Å². The van der Waals surface area contributed by atoms with Crippen molar-refractivity contribution < 1.29 is 14.6 Å². The van der Waals surface area contributed by atoms with Crippen LogP contribution in [-0.4, -0.2) is 29.3 Å². The highest BCUT2D eigenvalue weighted by molar-refractivity contribution is 5.94. The van der Waals surface area contributed by atoms with Gasteiger partial charge in [0.15, 0.2) is 0 Å². The highest BCUT2D eigenvalue weighted by Gasteiger charge is 2.47. The molecule has 20 heavy (non-hydrogen) atoms. The summed E-state index contributed by atoms with van der Waals surface area (Å²) in [5.41, 5.74) is 0.321. The zero-order valence-corrected chi connectivity index (χ0v) is 12.5. The zero-order chi connectivity index (χ0) is 14.9. The summed E-state index contributed by atoms with van der Waals surface area (Å²) in [5, 5.41) is 12.7. The van der Waals surface area contributed by atoms with Gasteiger partial charge in [-0.3, -0.25) is 4.79 Å². The van der Waals surface area contributed by atoms with Crippen molar-refractivity contribution in [3.8, 4) is 5.75 Å². The second-order valence-electron chi connectivity index (χ2n) is 6.29. The van der Waals surface area contributed by atoms with Crippen LogP contribution in [0.5, 0.6) is 5.75 Å². The summed E-state index contributed by atoms with van der Waals surface area (Å²) in [7, 11) is 0. The SMILES string of the molecule is CC(C)Oc1cccc(C(=O)NC2CC(O)C2(C)C)c1. The second kappa shape index (κ2) is 5.44. The van der Waals surface area contributed by atoms with Crippen LogP contribution in [0.15, 0.2) is 24.3 Å². The zero-order valence-electron chi connectivity index (χ0n) is 12.5. The van der Waals surface area contributed by atoms with Crippen molar-refractivity contribution in [2.24, 2.45) is 5.41 Å². The molecule has 2 N–H and O–H groups in total. The predicted molar refractivity (Wildman–Crippen MR) is 77.9 cm³/mol. The molecular weight excluding hydrogens is 254 g/mol. The molecule has 1 aromatic carbocycles. The number of hydrogen-bond acceptors (Lipinski definition) is 3. The molecule has 1 fully saturated rings. The number of hydrogen-bond donors (Lipinski definition) is 2. The van der Waals surface area contributed by atoms with Crippen molar-refractivity contribution in [1.82, 2.24) is 5.32 Å². The Balaban J connectivity index is 2.03. The summed E-state index contributed by atoms with van der Waals surface area (Å²) in [6.07, 6.45) is 0.346. The number of aliphatic hydroxyl groups is 1. The van der Waals surface area contributed by atoms with Crippen LogP contribution in [-0.2, 0) is 0 Å². The van der Waals surface area contributed by atoms with Gasteiger partial charge in [-0.1, -0.05) is 19.9 Å². The van der Waals surface area contributed by atoms with E-state index in [1.165, 1.54) is 0 Å². The third-order valence-corrected chi connectivity index (χ3v) is 3.99. The first kappa shape index (κ1) is 14.9. The molecule has 0 aliphatic heterocycles. The molecule has 1 amide bonds. The van der Waals surface area contributed by atoms with Crippen LogP contribution in [0, 0.1) is 5.41 Å². The Morgan fingerprint density at radius 1 is 1.45 bits per heavy atom.